The molecule has 1 fully saturated rings. The third-order valence-corrected chi connectivity index (χ3v) is 5.19. The third-order valence-electron chi connectivity index (χ3n) is 5.19. The van der Waals surface area contributed by atoms with Gasteiger partial charge in [0.05, 0.1) is 40.2 Å². The molecule has 2 heterocycles. The molecule has 8 heteroatoms. The predicted octanol–water partition coefficient (Wildman–Crippen LogP) is 2.30. The quantitative estimate of drug-likeness (QED) is 0.322. The minimum Gasteiger partial charge on any atom is -0.497 e. The summed E-state index contributed by atoms with van der Waals surface area (Å²) in [6.45, 7) is 6.84. The standard InChI is InChI=1S/C23H34N4O4/c1-28-21-7-6-19(22(17-21)29-2)18-26-23(25-10-8-20-5-3-14-31-20)24-9-4-11-27-12-15-30-16-13-27/h3,5-7,14,17H,4,8-13,15-16,18H2,1-2H3,(H2,24,25,26). The van der Waals surface area contributed by atoms with Gasteiger partial charge in [-0.15, -0.1) is 0 Å². The first-order valence-corrected chi connectivity index (χ1v) is 10.8. The monoisotopic (exact) mass is 430 g/mol. The highest BCUT2D eigenvalue weighted by Gasteiger charge is 2.10. The minimum absolute atomic E-state index is 0.507. The van der Waals surface area contributed by atoms with Gasteiger partial charge < -0.3 is 29.3 Å². The molecule has 1 saturated heterocycles. The first-order chi connectivity index (χ1) is 15.3. The van der Waals surface area contributed by atoms with Crippen molar-refractivity contribution in [3.05, 3.63) is 47.9 Å². The van der Waals surface area contributed by atoms with Crippen LogP contribution >= 0.6 is 0 Å². The Morgan fingerprint density at radius 3 is 2.68 bits per heavy atom. The fraction of sp³-hybridized carbons (Fsp3) is 0.522. The van der Waals surface area contributed by atoms with Crippen molar-refractivity contribution < 1.29 is 18.6 Å². The Bertz CT molecular complexity index is 789. The minimum atomic E-state index is 0.507. The molecular weight excluding hydrogens is 396 g/mol. The van der Waals surface area contributed by atoms with Crippen molar-refractivity contribution in [3.63, 3.8) is 0 Å². The summed E-state index contributed by atoms with van der Waals surface area (Å²) in [6, 6.07) is 9.68. The lowest BCUT2D eigenvalue weighted by molar-refractivity contribution is 0.0376. The largest absolute Gasteiger partial charge is 0.497 e. The Hall–Kier alpha value is -2.71. The lowest BCUT2D eigenvalue weighted by Gasteiger charge is -2.26. The Kier molecular flexibility index (Phi) is 9.53. The summed E-state index contributed by atoms with van der Waals surface area (Å²) in [5, 5.41) is 6.86. The summed E-state index contributed by atoms with van der Waals surface area (Å²) >= 11 is 0. The van der Waals surface area contributed by atoms with Crippen LogP contribution in [0.3, 0.4) is 0 Å². The maximum atomic E-state index is 5.50. The van der Waals surface area contributed by atoms with E-state index in [1.807, 2.05) is 30.3 Å². The SMILES string of the molecule is COc1ccc(CN=C(NCCCN2CCOCC2)NCCc2ccco2)c(OC)c1. The van der Waals surface area contributed by atoms with Crippen LogP contribution in [0.1, 0.15) is 17.7 Å². The van der Waals surface area contributed by atoms with E-state index in [1.165, 1.54) is 0 Å². The smallest absolute Gasteiger partial charge is 0.191 e. The summed E-state index contributed by atoms with van der Waals surface area (Å²) in [5.74, 6) is 3.27. The van der Waals surface area contributed by atoms with Crippen LogP contribution in [0, 0.1) is 0 Å². The molecule has 0 radical (unpaired) electrons. The van der Waals surface area contributed by atoms with E-state index in [-0.39, 0.29) is 0 Å². The Labute approximate surface area is 184 Å². The summed E-state index contributed by atoms with van der Waals surface area (Å²) in [6.07, 6.45) is 3.54. The van der Waals surface area contributed by atoms with E-state index < -0.39 is 0 Å². The van der Waals surface area contributed by atoms with Gasteiger partial charge in [-0.2, -0.15) is 0 Å². The van der Waals surface area contributed by atoms with Crippen LogP contribution in [0.2, 0.25) is 0 Å². The number of hydrogen-bond donors (Lipinski definition) is 2. The summed E-state index contributed by atoms with van der Waals surface area (Å²) in [4.78, 5) is 7.21. The van der Waals surface area contributed by atoms with Gasteiger partial charge in [0.2, 0.25) is 0 Å². The molecule has 1 aromatic heterocycles. The highest BCUT2D eigenvalue weighted by Crippen LogP contribution is 2.25. The summed E-state index contributed by atoms with van der Waals surface area (Å²) in [7, 11) is 3.31. The molecule has 0 amide bonds. The average molecular weight is 431 g/mol. The zero-order chi connectivity index (χ0) is 21.7. The maximum absolute atomic E-state index is 5.50. The van der Waals surface area contributed by atoms with Crippen LogP contribution in [0.25, 0.3) is 0 Å². The van der Waals surface area contributed by atoms with Gasteiger partial charge in [0.15, 0.2) is 5.96 Å². The number of benzene rings is 1. The topological polar surface area (TPSA) is 80.5 Å². The van der Waals surface area contributed by atoms with Crippen molar-refractivity contribution in [3.8, 4) is 11.5 Å². The lowest BCUT2D eigenvalue weighted by Crippen LogP contribution is -2.41. The summed E-state index contributed by atoms with van der Waals surface area (Å²) < 4.78 is 21.6. The van der Waals surface area contributed by atoms with E-state index in [0.717, 1.165) is 87.6 Å². The number of nitrogens with zero attached hydrogens (tertiary/aromatic N) is 2. The van der Waals surface area contributed by atoms with Crippen molar-refractivity contribution in [2.24, 2.45) is 4.99 Å². The molecule has 31 heavy (non-hydrogen) atoms. The van der Waals surface area contributed by atoms with E-state index in [0.29, 0.717) is 6.54 Å². The number of hydrogen-bond acceptors (Lipinski definition) is 6. The van der Waals surface area contributed by atoms with Gasteiger partial charge in [-0.25, -0.2) is 4.99 Å². The second-order valence-corrected chi connectivity index (χ2v) is 7.33. The van der Waals surface area contributed by atoms with Crippen LogP contribution in [0.15, 0.2) is 46.0 Å². The van der Waals surface area contributed by atoms with Gasteiger partial charge in [-0.05, 0) is 37.2 Å². The van der Waals surface area contributed by atoms with Crippen molar-refractivity contribution >= 4 is 5.96 Å². The molecule has 1 aromatic carbocycles. The first-order valence-electron chi connectivity index (χ1n) is 10.8. The second kappa shape index (κ2) is 12.9. The first kappa shape index (κ1) is 23.0. The number of rotatable bonds is 11. The molecule has 0 atom stereocenters. The fourth-order valence-electron chi connectivity index (χ4n) is 3.41. The average Bonchev–Trinajstić information content (AvgIpc) is 3.34. The molecule has 0 aliphatic carbocycles. The predicted molar refractivity (Wildman–Crippen MR) is 121 cm³/mol. The van der Waals surface area contributed by atoms with Gasteiger partial charge in [0, 0.05) is 44.2 Å². The second-order valence-electron chi connectivity index (χ2n) is 7.33. The van der Waals surface area contributed by atoms with Crippen LogP contribution < -0.4 is 20.1 Å². The molecule has 1 aliphatic rings. The Morgan fingerprint density at radius 2 is 1.94 bits per heavy atom. The summed E-state index contributed by atoms with van der Waals surface area (Å²) in [5.41, 5.74) is 1.00. The molecule has 0 spiro atoms. The number of nitrogens with one attached hydrogen (secondary N) is 2. The Balaban J connectivity index is 1.54. The van der Waals surface area contributed by atoms with Gasteiger partial charge in [0.1, 0.15) is 17.3 Å². The molecule has 2 N–H and O–H groups in total. The van der Waals surface area contributed by atoms with Crippen molar-refractivity contribution in [1.29, 1.82) is 0 Å². The van der Waals surface area contributed by atoms with Crippen molar-refractivity contribution in [2.45, 2.75) is 19.4 Å². The van der Waals surface area contributed by atoms with E-state index >= 15 is 0 Å². The van der Waals surface area contributed by atoms with Crippen LogP contribution in [0.4, 0.5) is 0 Å². The zero-order valence-electron chi connectivity index (χ0n) is 18.6. The van der Waals surface area contributed by atoms with E-state index in [4.69, 9.17) is 23.6 Å². The highest BCUT2D eigenvalue weighted by atomic mass is 16.5. The van der Waals surface area contributed by atoms with Crippen LogP contribution in [-0.4, -0.2) is 71.0 Å². The van der Waals surface area contributed by atoms with Gasteiger partial charge in [-0.3, -0.25) is 4.90 Å². The molecule has 0 saturated carbocycles. The van der Waals surface area contributed by atoms with E-state index in [1.54, 1.807) is 20.5 Å². The molecule has 8 nitrogen and oxygen atoms in total. The fourth-order valence-corrected chi connectivity index (χ4v) is 3.41. The number of furan rings is 1. The molecule has 0 unspecified atom stereocenters. The maximum Gasteiger partial charge on any atom is 0.191 e. The molecular formula is C23H34N4O4. The molecule has 2 aromatic rings. The molecule has 0 bridgehead atoms. The molecule has 170 valence electrons. The zero-order valence-corrected chi connectivity index (χ0v) is 18.6. The van der Waals surface area contributed by atoms with Gasteiger partial charge in [-0.1, -0.05) is 0 Å². The van der Waals surface area contributed by atoms with Crippen LogP contribution in [0.5, 0.6) is 11.5 Å². The Morgan fingerprint density at radius 1 is 1.10 bits per heavy atom. The highest BCUT2D eigenvalue weighted by molar-refractivity contribution is 5.79. The van der Waals surface area contributed by atoms with Gasteiger partial charge >= 0.3 is 0 Å². The van der Waals surface area contributed by atoms with E-state index in [9.17, 15) is 0 Å². The van der Waals surface area contributed by atoms with Gasteiger partial charge in [0.25, 0.3) is 0 Å². The number of aliphatic imine (C=N–C) groups is 1. The third kappa shape index (κ3) is 7.80. The lowest BCUT2D eigenvalue weighted by atomic mass is 10.2. The normalized spacial score (nSPS) is 15.0. The number of ether oxygens (including phenoxy) is 3. The molecule has 1 aliphatic heterocycles. The van der Waals surface area contributed by atoms with Crippen molar-refractivity contribution in [2.75, 3.05) is 60.2 Å². The van der Waals surface area contributed by atoms with Crippen molar-refractivity contribution in [1.82, 2.24) is 15.5 Å². The number of guanidine groups is 1. The van der Waals surface area contributed by atoms with E-state index in [2.05, 4.69) is 15.5 Å². The molecule has 3 rings (SSSR count). The number of methoxy groups -OCH3 is 2. The van der Waals surface area contributed by atoms with Crippen LogP contribution in [-0.2, 0) is 17.7 Å². The number of morpholine rings is 1.